The second-order valence-electron chi connectivity index (χ2n) is 9.41. The molecule has 0 saturated carbocycles. The molecule has 1 N–H and O–H groups in total. The lowest BCUT2D eigenvalue weighted by atomic mass is 9.83. The highest BCUT2D eigenvalue weighted by Gasteiger charge is 2.50. The Labute approximate surface area is 221 Å². The highest BCUT2D eigenvalue weighted by Crippen LogP contribution is 2.44. The summed E-state index contributed by atoms with van der Waals surface area (Å²) in [6.07, 6.45) is 12.2. The van der Waals surface area contributed by atoms with Gasteiger partial charge in [0.25, 0.3) is 0 Å². The zero-order chi connectivity index (χ0) is 24.8. The molecule has 5 nitrogen and oxygen atoms in total. The number of alkyl halides is 1. The smallest absolute Gasteiger partial charge is 0.238 e. The van der Waals surface area contributed by atoms with Gasteiger partial charge in [-0.3, -0.25) is 9.69 Å². The number of carbonyl (C=O) groups excluding carboxylic acids is 1. The molecule has 1 spiro atoms. The molecule has 2 aliphatic heterocycles. The predicted molar refractivity (Wildman–Crippen MR) is 151 cm³/mol. The number of para-hydroxylation sites is 1. The first-order chi connectivity index (χ1) is 17.0. The lowest BCUT2D eigenvalue weighted by Gasteiger charge is -2.44. The van der Waals surface area contributed by atoms with E-state index in [0.717, 1.165) is 49.6 Å². The number of carbonyl (C=O) groups is 1. The second kappa shape index (κ2) is 12.5. The van der Waals surface area contributed by atoms with Gasteiger partial charge in [-0.2, -0.15) is 0 Å². The summed E-state index contributed by atoms with van der Waals surface area (Å²) < 4.78 is 5.95. The van der Waals surface area contributed by atoms with Crippen LogP contribution in [0.2, 0.25) is 0 Å². The van der Waals surface area contributed by atoms with Gasteiger partial charge in [-0.25, -0.2) is 0 Å². The fraction of sp³-hybridized carbons (Fsp3) is 0.433. The third kappa shape index (κ3) is 5.63. The summed E-state index contributed by atoms with van der Waals surface area (Å²) in [4.78, 5) is 21.2. The normalized spacial score (nSPS) is 20.6. The molecular weight excluding hydrogens is 470 g/mol. The fourth-order valence-corrected chi connectivity index (χ4v) is 5.49. The third-order valence-corrected chi connectivity index (χ3v) is 7.41. The Kier molecular flexibility index (Phi) is 9.63. The van der Waals surface area contributed by atoms with Gasteiger partial charge in [-0.15, -0.1) is 18.2 Å². The molecule has 1 amide bonds. The number of nitrogens with zero attached hydrogens (tertiary/aromatic N) is 2. The first-order valence-electron chi connectivity index (χ1n) is 12.5. The van der Waals surface area contributed by atoms with E-state index in [2.05, 4.69) is 47.7 Å². The van der Waals surface area contributed by atoms with Crippen LogP contribution in [0.4, 0.5) is 0 Å². The molecule has 194 valence electrons. The summed E-state index contributed by atoms with van der Waals surface area (Å²) in [6.45, 7) is 11.8. The largest absolute Gasteiger partial charge is 0.492 e. The molecule has 0 bridgehead atoms. The number of hydrogen-bond donors (Lipinski definition) is 1. The summed E-state index contributed by atoms with van der Waals surface area (Å²) in [5, 5.41) is 0. The number of allylic oxidation sites excluding steroid dienone is 3. The van der Waals surface area contributed by atoms with E-state index in [1.54, 1.807) is 0 Å². The monoisotopic (exact) mass is 509 g/mol. The van der Waals surface area contributed by atoms with Crippen molar-refractivity contribution >= 4 is 29.7 Å². The van der Waals surface area contributed by atoms with Gasteiger partial charge < -0.3 is 14.6 Å². The van der Waals surface area contributed by atoms with Gasteiger partial charge in [0.2, 0.25) is 5.91 Å². The minimum absolute atomic E-state index is 0. The number of benzene rings is 1. The Morgan fingerprint density at radius 3 is 2.75 bits per heavy atom. The van der Waals surface area contributed by atoms with E-state index in [-0.39, 0.29) is 25.1 Å². The van der Waals surface area contributed by atoms with E-state index >= 15 is 0 Å². The van der Waals surface area contributed by atoms with Crippen LogP contribution in [0.15, 0.2) is 55.1 Å². The van der Waals surface area contributed by atoms with Crippen molar-refractivity contribution in [3.63, 3.8) is 0 Å². The summed E-state index contributed by atoms with van der Waals surface area (Å²) in [7, 11) is 0. The van der Waals surface area contributed by atoms with E-state index in [9.17, 15) is 4.79 Å². The lowest BCUT2D eigenvalue weighted by Crippen LogP contribution is -2.55. The van der Waals surface area contributed by atoms with E-state index in [4.69, 9.17) is 16.3 Å². The van der Waals surface area contributed by atoms with E-state index in [1.165, 1.54) is 11.1 Å². The maximum Gasteiger partial charge on any atom is 0.238 e. The topological polar surface area (TPSA) is 48.6 Å². The number of H-pyrrole nitrogens is 1. The molecule has 0 aliphatic carbocycles. The molecule has 1 saturated heterocycles. The molecule has 0 radical (unpaired) electrons. The number of hydrogen-bond acceptors (Lipinski definition) is 3. The van der Waals surface area contributed by atoms with Crippen molar-refractivity contribution in [2.75, 3.05) is 38.7 Å². The zero-order valence-corrected chi connectivity index (χ0v) is 21.6. The van der Waals surface area contributed by atoms with Crippen molar-refractivity contribution in [2.24, 2.45) is 5.92 Å². The Hall–Kier alpha value is -2.76. The van der Waals surface area contributed by atoms with Crippen LogP contribution in [0.5, 0.6) is 5.75 Å². The molecule has 1 aromatic carbocycles. The van der Waals surface area contributed by atoms with Gasteiger partial charge in [-0.05, 0) is 49.5 Å². The lowest BCUT2D eigenvalue weighted by molar-refractivity contribution is -0.135. The van der Waals surface area contributed by atoms with Crippen molar-refractivity contribution < 1.29 is 9.53 Å². The first-order valence-corrected chi connectivity index (χ1v) is 13.0. The summed E-state index contributed by atoms with van der Waals surface area (Å²) in [6, 6.07) is 9.90. The van der Waals surface area contributed by atoms with E-state index in [1.807, 2.05) is 48.2 Å². The first kappa shape index (κ1) is 27.8. The predicted octanol–water partition coefficient (Wildman–Crippen LogP) is 6.12. The molecule has 4 rings (SSSR count). The van der Waals surface area contributed by atoms with Crippen LogP contribution in [0.25, 0.3) is 12.2 Å². The second-order valence-corrected chi connectivity index (χ2v) is 9.68. The summed E-state index contributed by atoms with van der Waals surface area (Å²) >= 11 is 6.08. The molecule has 1 fully saturated rings. The van der Waals surface area contributed by atoms with Gasteiger partial charge in [0, 0.05) is 43.1 Å². The SMILES string of the molecule is C.C=CC(C)/C=C\c1c(/C=C\C)[nH]c2c1CCN(C(=O)CCl)C21CCN(CCOc2ccccc2)C1. The maximum atomic E-state index is 13.0. The number of amides is 1. The Balaban J connectivity index is 0.00000361. The highest BCUT2D eigenvalue weighted by atomic mass is 35.5. The van der Waals surface area contributed by atoms with Crippen LogP contribution >= 0.6 is 11.6 Å². The minimum atomic E-state index is -0.404. The zero-order valence-electron chi connectivity index (χ0n) is 20.8. The van der Waals surface area contributed by atoms with Crippen molar-refractivity contribution in [2.45, 2.75) is 39.7 Å². The number of likely N-dealkylation sites (tertiary alicyclic amines) is 1. The van der Waals surface area contributed by atoms with Crippen molar-refractivity contribution in [3.8, 4) is 5.75 Å². The molecule has 1 aromatic heterocycles. The molecule has 2 aromatic rings. The molecule has 3 heterocycles. The van der Waals surface area contributed by atoms with Crippen LogP contribution in [-0.2, 0) is 16.8 Å². The number of aromatic nitrogens is 1. The highest BCUT2D eigenvalue weighted by molar-refractivity contribution is 6.27. The minimum Gasteiger partial charge on any atom is -0.492 e. The van der Waals surface area contributed by atoms with Gasteiger partial charge in [0.05, 0.1) is 5.54 Å². The third-order valence-electron chi connectivity index (χ3n) is 7.18. The Bertz CT molecular complexity index is 1090. The van der Waals surface area contributed by atoms with Gasteiger partial charge in [0.15, 0.2) is 0 Å². The summed E-state index contributed by atoms with van der Waals surface area (Å²) in [5.74, 6) is 1.17. The number of fused-ring (bicyclic) bond motifs is 2. The molecule has 36 heavy (non-hydrogen) atoms. The van der Waals surface area contributed by atoms with E-state index in [0.29, 0.717) is 13.2 Å². The molecular formula is C30H40ClN3O2. The molecule has 2 atom stereocenters. The van der Waals surface area contributed by atoms with Crippen LogP contribution in [0.3, 0.4) is 0 Å². The maximum absolute atomic E-state index is 13.0. The number of halogens is 1. The molecule has 2 aliphatic rings. The van der Waals surface area contributed by atoms with Crippen molar-refractivity contribution in [1.82, 2.24) is 14.8 Å². The van der Waals surface area contributed by atoms with Gasteiger partial charge >= 0.3 is 0 Å². The van der Waals surface area contributed by atoms with Crippen LogP contribution in [0.1, 0.15) is 50.2 Å². The van der Waals surface area contributed by atoms with Gasteiger partial charge in [0.1, 0.15) is 18.2 Å². The van der Waals surface area contributed by atoms with Crippen LogP contribution < -0.4 is 4.74 Å². The molecule has 2 unspecified atom stereocenters. The van der Waals surface area contributed by atoms with Crippen molar-refractivity contribution in [3.05, 3.63) is 77.7 Å². The van der Waals surface area contributed by atoms with E-state index < -0.39 is 5.54 Å². The average molecular weight is 510 g/mol. The fourth-order valence-electron chi connectivity index (χ4n) is 5.35. The number of nitrogens with one attached hydrogen (secondary N) is 1. The molecule has 6 heteroatoms. The van der Waals surface area contributed by atoms with Crippen molar-refractivity contribution in [1.29, 1.82) is 0 Å². The standard InChI is InChI=1S/C29H36ClN3O2.CH4/c1-4-9-26-24(13-12-22(3)5-2)25-14-16-33(27(34)20-30)29(28(25)31-26)15-17-32(21-29)18-19-35-23-10-7-6-8-11-23;/h4-13,22,31H,2,14-21H2,1,3H3;1H4/b9-4-,13-12-;. The Morgan fingerprint density at radius 1 is 1.28 bits per heavy atom. The van der Waals surface area contributed by atoms with Crippen LogP contribution in [0, 0.1) is 5.92 Å². The van der Waals surface area contributed by atoms with Gasteiger partial charge in [-0.1, -0.05) is 56.9 Å². The number of ether oxygens (including phenoxy) is 1. The van der Waals surface area contributed by atoms with Crippen LogP contribution in [-0.4, -0.2) is 59.4 Å². The quantitative estimate of drug-likeness (QED) is 0.327. The average Bonchev–Trinajstić information content (AvgIpc) is 3.46. The summed E-state index contributed by atoms with van der Waals surface area (Å²) in [5.41, 5.74) is 4.38. The number of aromatic amines is 1. The number of rotatable bonds is 9. The Morgan fingerprint density at radius 2 is 2.06 bits per heavy atom.